The Balaban J connectivity index is 2.35. The molecule has 8 heteroatoms. The van der Waals surface area contributed by atoms with E-state index in [1.165, 1.54) is 0 Å². The van der Waals surface area contributed by atoms with Crippen LogP contribution in [0.3, 0.4) is 0 Å². The Bertz CT molecular complexity index is 643. The topological polar surface area (TPSA) is 80.9 Å². The zero-order valence-corrected chi connectivity index (χ0v) is 12.4. The van der Waals surface area contributed by atoms with Gasteiger partial charge in [0.25, 0.3) is 0 Å². The standard InChI is InChI=1S/C11H11ClN4OS2/c1-2-5(10(13)18)11(17)14-8-6(12)3-4-7-9(8)16-19-15-7/h3-5H,2H2,1H3,(H2,13,18)(H,14,17). The van der Waals surface area contributed by atoms with Gasteiger partial charge >= 0.3 is 0 Å². The fourth-order valence-corrected chi connectivity index (χ4v) is 2.69. The van der Waals surface area contributed by atoms with E-state index in [-0.39, 0.29) is 10.9 Å². The predicted molar refractivity (Wildman–Crippen MR) is 81.6 cm³/mol. The second-order valence-corrected chi connectivity index (χ2v) is 5.31. The summed E-state index contributed by atoms with van der Waals surface area (Å²) in [5, 5.41) is 3.15. The van der Waals surface area contributed by atoms with Gasteiger partial charge in [0.1, 0.15) is 11.0 Å². The van der Waals surface area contributed by atoms with Crippen molar-refractivity contribution in [3.8, 4) is 0 Å². The summed E-state index contributed by atoms with van der Waals surface area (Å²) in [6.07, 6.45) is 0.532. The number of amides is 1. The summed E-state index contributed by atoms with van der Waals surface area (Å²) < 4.78 is 8.23. The Morgan fingerprint density at radius 3 is 2.95 bits per heavy atom. The van der Waals surface area contributed by atoms with Crippen LogP contribution in [-0.4, -0.2) is 19.6 Å². The van der Waals surface area contributed by atoms with Gasteiger partial charge in [0, 0.05) is 0 Å². The third-order valence-electron chi connectivity index (χ3n) is 2.69. The zero-order chi connectivity index (χ0) is 14.0. The van der Waals surface area contributed by atoms with Gasteiger partial charge in [-0.15, -0.1) is 0 Å². The number of carbonyl (C=O) groups excluding carboxylic acids is 1. The Morgan fingerprint density at radius 2 is 2.32 bits per heavy atom. The van der Waals surface area contributed by atoms with Crippen molar-refractivity contribution in [2.45, 2.75) is 13.3 Å². The number of benzene rings is 1. The average Bonchev–Trinajstić information content (AvgIpc) is 2.81. The third-order valence-corrected chi connectivity index (χ3v) is 3.84. The molecule has 1 heterocycles. The molecule has 1 unspecified atom stereocenters. The monoisotopic (exact) mass is 314 g/mol. The molecule has 0 saturated heterocycles. The van der Waals surface area contributed by atoms with Crippen molar-refractivity contribution >= 4 is 63.2 Å². The van der Waals surface area contributed by atoms with Crippen LogP contribution in [0.2, 0.25) is 5.02 Å². The van der Waals surface area contributed by atoms with Gasteiger partial charge in [-0.25, -0.2) is 0 Å². The van der Waals surface area contributed by atoms with Crippen molar-refractivity contribution in [3.63, 3.8) is 0 Å². The van der Waals surface area contributed by atoms with Crippen LogP contribution in [0, 0.1) is 5.92 Å². The lowest BCUT2D eigenvalue weighted by molar-refractivity contribution is -0.118. The fourth-order valence-electron chi connectivity index (χ4n) is 1.67. The predicted octanol–water partition coefficient (Wildman–Crippen LogP) is 2.60. The number of fused-ring (bicyclic) bond motifs is 1. The second-order valence-electron chi connectivity index (χ2n) is 3.91. The molecule has 19 heavy (non-hydrogen) atoms. The molecule has 0 saturated carbocycles. The first-order valence-electron chi connectivity index (χ1n) is 5.55. The molecule has 0 aliphatic carbocycles. The van der Waals surface area contributed by atoms with Crippen molar-refractivity contribution in [1.82, 2.24) is 8.75 Å². The Labute approximate surface area is 124 Å². The van der Waals surface area contributed by atoms with Gasteiger partial charge in [-0.05, 0) is 18.6 Å². The number of halogens is 1. The van der Waals surface area contributed by atoms with Gasteiger partial charge in [-0.2, -0.15) is 8.75 Å². The number of nitrogens with zero attached hydrogens (tertiary/aromatic N) is 2. The van der Waals surface area contributed by atoms with Gasteiger partial charge in [0.2, 0.25) is 5.91 Å². The highest BCUT2D eigenvalue weighted by molar-refractivity contribution is 7.80. The molecule has 1 aromatic heterocycles. The molecule has 0 aliphatic rings. The van der Waals surface area contributed by atoms with Crippen molar-refractivity contribution in [3.05, 3.63) is 17.2 Å². The lowest BCUT2D eigenvalue weighted by atomic mass is 10.1. The van der Waals surface area contributed by atoms with Gasteiger partial charge in [-0.3, -0.25) is 4.79 Å². The van der Waals surface area contributed by atoms with Crippen LogP contribution >= 0.6 is 35.5 Å². The van der Waals surface area contributed by atoms with Gasteiger partial charge in [0.15, 0.2) is 0 Å². The van der Waals surface area contributed by atoms with Gasteiger partial charge in [-0.1, -0.05) is 30.7 Å². The van der Waals surface area contributed by atoms with E-state index in [0.29, 0.717) is 28.2 Å². The van der Waals surface area contributed by atoms with Crippen molar-refractivity contribution in [2.75, 3.05) is 5.32 Å². The van der Waals surface area contributed by atoms with Crippen molar-refractivity contribution < 1.29 is 4.79 Å². The van der Waals surface area contributed by atoms with E-state index in [4.69, 9.17) is 29.6 Å². The lowest BCUT2D eigenvalue weighted by Gasteiger charge is -2.14. The Morgan fingerprint density at radius 1 is 1.58 bits per heavy atom. The number of thiocarbonyl (C=S) groups is 1. The summed E-state index contributed by atoms with van der Waals surface area (Å²) in [5.74, 6) is -0.801. The maximum atomic E-state index is 12.1. The first kappa shape index (κ1) is 14.1. The minimum Gasteiger partial charge on any atom is -0.393 e. The van der Waals surface area contributed by atoms with Crippen LogP contribution in [0.1, 0.15) is 13.3 Å². The summed E-state index contributed by atoms with van der Waals surface area (Å²) in [7, 11) is 0. The summed E-state index contributed by atoms with van der Waals surface area (Å²) in [6.45, 7) is 1.84. The second kappa shape index (κ2) is 5.77. The number of nitrogens with one attached hydrogen (secondary N) is 1. The molecular formula is C11H11ClN4OS2. The maximum Gasteiger partial charge on any atom is 0.234 e. The molecule has 100 valence electrons. The normalized spacial score (nSPS) is 12.3. The van der Waals surface area contributed by atoms with E-state index >= 15 is 0 Å². The molecule has 2 rings (SSSR count). The molecule has 3 N–H and O–H groups in total. The highest BCUT2D eigenvalue weighted by atomic mass is 35.5. The SMILES string of the molecule is CCC(C(=O)Nc1c(Cl)ccc2nsnc12)C(N)=S. The highest BCUT2D eigenvalue weighted by Gasteiger charge is 2.21. The minimum atomic E-state index is -0.520. The Hall–Kier alpha value is -1.31. The van der Waals surface area contributed by atoms with E-state index in [9.17, 15) is 4.79 Å². The molecule has 0 fully saturated rings. The number of aromatic nitrogens is 2. The number of rotatable bonds is 4. The van der Waals surface area contributed by atoms with E-state index in [0.717, 1.165) is 11.7 Å². The molecular weight excluding hydrogens is 304 g/mol. The number of carbonyl (C=O) groups is 1. The molecule has 0 bridgehead atoms. The van der Waals surface area contributed by atoms with Crippen LogP contribution in [0.15, 0.2) is 12.1 Å². The minimum absolute atomic E-state index is 0.166. The smallest absolute Gasteiger partial charge is 0.234 e. The van der Waals surface area contributed by atoms with Gasteiger partial charge in [0.05, 0.1) is 33.3 Å². The zero-order valence-electron chi connectivity index (χ0n) is 10.0. The van der Waals surface area contributed by atoms with Crippen LogP contribution in [0.4, 0.5) is 5.69 Å². The first-order valence-corrected chi connectivity index (χ1v) is 7.07. The van der Waals surface area contributed by atoms with Crippen LogP contribution < -0.4 is 11.1 Å². The fraction of sp³-hybridized carbons (Fsp3) is 0.273. The summed E-state index contributed by atoms with van der Waals surface area (Å²) >= 11 is 12.0. The first-order chi connectivity index (χ1) is 9.04. The van der Waals surface area contributed by atoms with Gasteiger partial charge < -0.3 is 11.1 Å². The molecule has 2 aromatic rings. The van der Waals surface area contributed by atoms with Crippen molar-refractivity contribution in [1.29, 1.82) is 0 Å². The lowest BCUT2D eigenvalue weighted by Crippen LogP contribution is -2.32. The third kappa shape index (κ3) is 2.83. The van der Waals surface area contributed by atoms with Crippen molar-refractivity contribution in [2.24, 2.45) is 11.7 Å². The van der Waals surface area contributed by atoms with E-state index in [1.54, 1.807) is 12.1 Å². The number of nitrogens with two attached hydrogens (primary N) is 1. The summed E-state index contributed by atoms with van der Waals surface area (Å²) in [4.78, 5) is 12.3. The Kier molecular flexibility index (Phi) is 4.28. The molecule has 1 aromatic carbocycles. The number of hydrogen-bond donors (Lipinski definition) is 2. The summed E-state index contributed by atoms with van der Waals surface area (Å²) in [5.41, 5.74) is 7.26. The molecule has 0 spiro atoms. The quantitative estimate of drug-likeness (QED) is 0.848. The molecule has 5 nitrogen and oxygen atoms in total. The number of anilines is 1. The number of hydrogen-bond acceptors (Lipinski definition) is 5. The van der Waals surface area contributed by atoms with Crippen LogP contribution in [-0.2, 0) is 4.79 Å². The van der Waals surface area contributed by atoms with E-state index in [1.807, 2.05) is 6.92 Å². The van der Waals surface area contributed by atoms with E-state index < -0.39 is 5.92 Å². The van der Waals surface area contributed by atoms with Crippen LogP contribution in [0.25, 0.3) is 11.0 Å². The molecule has 0 aliphatic heterocycles. The maximum absolute atomic E-state index is 12.1. The van der Waals surface area contributed by atoms with E-state index in [2.05, 4.69) is 14.1 Å². The molecule has 0 radical (unpaired) electrons. The summed E-state index contributed by atoms with van der Waals surface area (Å²) in [6, 6.07) is 3.42. The largest absolute Gasteiger partial charge is 0.393 e. The average molecular weight is 315 g/mol. The molecule has 1 atom stereocenters. The van der Waals surface area contributed by atoms with Crippen LogP contribution in [0.5, 0.6) is 0 Å². The highest BCUT2D eigenvalue weighted by Crippen LogP contribution is 2.30. The molecule has 1 amide bonds.